The third kappa shape index (κ3) is 5.61. The molecule has 1 unspecified atom stereocenters. The molecule has 0 bridgehead atoms. The first-order chi connectivity index (χ1) is 12.7. The van der Waals surface area contributed by atoms with Gasteiger partial charge in [0.05, 0.1) is 11.7 Å². The fourth-order valence-electron chi connectivity index (χ4n) is 2.74. The lowest BCUT2D eigenvalue weighted by Crippen LogP contribution is -2.34. The lowest BCUT2D eigenvalue weighted by molar-refractivity contribution is -0.160. The highest BCUT2D eigenvalue weighted by Gasteiger charge is 2.37. The van der Waals surface area contributed by atoms with Crippen LogP contribution in [-0.2, 0) is 14.3 Å². The molecule has 1 saturated heterocycles. The molecule has 2 heterocycles. The lowest BCUT2D eigenvalue weighted by atomic mass is 10.1. The van der Waals surface area contributed by atoms with Crippen LogP contribution in [0, 0.1) is 5.92 Å². The van der Waals surface area contributed by atoms with Gasteiger partial charge in [-0.1, -0.05) is 29.8 Å². The Morgan fingerprint density at radius 2 is 2.22 bits per heavy atom. The molecule has 3 N–H and O–H groups in total. The van der Waals surface area contributed by atoms with Crippen molar-refractivity contribution in [1.82, 2.24) is 9.55 Å². The molecule has 1 aromatic rings. The number of rotatable bonds is 7. The molecule has 1 aromatic heterocycles. The van der Waals surface area contributed by atoms with Crippen LogP contribution in [0.3, 0.4) is 0 Å². The molecule has 0 aliphatic carbocycles. The summed E-state index contributed by atoms with van der Waals surface area (Å²) in [6.07, 6.45) is -0.729. The van der Waals surface area contributed by atoms with E-state index in [1.807, 2.05) is 13.8 Å². The van der Waals surface area contributed by atoms with Crippen LogP contribution in [0.5, 0.6) is 0 Å². The third-order valence-corrected chi connectivity index (χ3v) is 4.37. The molecule has 1 fully saturated rings. The molecule has 0 aromatic carbocycles. The summed E-state index contributed by atoms with van der Waals surface area (Å²) in [6.45, 7) is 3.48. The number of aliphatic hydroxyl groups excluding tert-OH is 2. The van der Waals surface area contributed by atoms with Crippen molar-refractivity contribution >= 4 is 28.0 Å². The molecule has 9 nitrogen and oxygen atoms in total. The largest absolute Gasteiger partial charge is 0.461 e. The summed E-state index contributed by atoms with van der Waals surface area (Å²) in [5.41, 5.74) is -0.986. The molecule has 1 aliphatic heterocycles. The van der Waals surface area contributed by atoms with Gasteiger partial charge in [-0.2, -0.15) is 0 Å². The summed E-state index contributed by atoms with van der Waals surface area (Å²) in [7, 11) is 0. The van der Waals surface area contributed by atoms with Crippen molar-refractivity contribution in [2.45, 2.75) is 51.2 Å². The third-order valence-electron chi connectivity index (χ3n) is 4.11. The van der Waals surface area contributed by atoms with Gasteiger partial charge < -0.3 is 19.7 Å². The van der Waals surface area contributed by atoms with Crippen LogP contribution in [0.25, 0.3) is 6.08 Å². The van der Waals surface area contributed by atoms with Gasteiger partial charge in [-0.15, -0.1) is 0 Å². The number of ether oxygens (including phenoxy) is 2. The summed E-state index contributed by atoms with van der Waals surface area (Å²) >= 11 is 3.07. The van der Waals surface area contributed by atoms with Crippen LogP contribution < -0.4 is 11.2 Å². The number of carbonyl (C=O) groups excluding carboxylic acids is 1. The van der Waals surface area contributed by atoms with Gasteiger partial charge >= 0.3 is 11.7 Å². The molecule has 4 atom stereocenters. The standard InChI is InChI=1S/C17H23BrN2O7/c1-9(2)5-12(22)16(24)26-8-13-11(21)6-14(27-13)20-7-10(3-4-18)15(23)19-17(20)25/h3-4,7,9,11-14,21-22H,5-6,8H2,1-2H3,(H,19,23,25)/b4-3+/t11-,12?,13+,14+/m0/s1. The number of halogens is 1. The Hall–Kier alpha value is -1.75. The average Bonchev–Trinajstić information content (AvgIpc) is 2.95. The number of aromatic amines is 1. The molecule has 0 spiro atoms. The molecule has 1 aliphatic rings. The van der Waals surface area contributed by atoms with Gasteiger partial charge in [0, 0.05) is 12.6 Å². The van der Waals surface area contributed by atoms with E-state index in [-0.39, 0.29) is 30.9 Å². The van der Waals surface area contributed by atoms with Gasteiger partial charge in [-0.05, 0) is 23.4 Å². The first kappa shape index (κ1) is 21.5. The zero-order valence-corrected chi connectivity index (χ0v) is 16.6. The minimum atomic E-state index is -1.24. The van der Waals surface area contributed by atoms with E-state index in [1.54, 1.807) is 0 Å². The van der Waals surface area contributed by atoms with Crippen molar-refractivity contribution in [1.29, 1.82) is 0 Å². The SMILES string of the molecule is CC(C)CC(O)C(=O)OC[C@H]1O[C@@H](n2cc(/C=C/Br)c(=O)[nH]c2=O)C[C@@H]1O. The second-order valence-electron chi connectivity index (χ2n) is 6.75. The summed E-state index contributed by atoms with van der Waals surface area (Å²) in [5, 5.41) is 19.9. The van der Waals surface area contributed by atoms with Crippen molar-refractivity contribution in [2.75, 3.05) is 6.61 Å². The summed E-state index contributed by atoms with van der Waals surface area (Å²) in [4.78, 5) is 39.2. The fraction of sp³-hybridized carbons (Fsp3) is 0.588. The monoisotopic (exact) mass is 446 g/mol. The Balaban J connectivity index is 2.04. The number of H-pyrrole nitrogens is 1. The summed E-state index contributed by atoms with van der Waals surface area (Å²) < 4.78 is 11.8. The number of hydrogen-bond acceptors (Lipinski definition) is 7. The van der Waals surface area contributed by atoms with Crippen molar-refractivity contribution in [3.8, 4) is 0 Å². The zero-order valence-electron chi connectivity index (χ0n) is 15.0. The van der Waals surface area contributed by atoms with Crippen molar-refractivity contribution in [3.05, 3.63) is 37.6 Å². The first-order valence-electron chi connectivity index (χ1n) is 8.53. The maximum atomic E-state index is 12.0. The highest BCUT2D eigenvalue weighted by Crippen LogP contribution is 2.28. The quantitative estimate of drug-likeness (QED) is 0.519. The topological polar surface area (TPSA) is 131 Å². The minimum absolute atomic E-state index is 0.0835. The van der Waals surface area contributed by atoms with Crippen molar-refractivity contribution in [3.63, 3.8) is 0 Å². The molecule has 0 saturated carbocycles. The molecule has 0 radical (unpaired) electrons. The first-order valence-corrected chi connectivity index (χ1v) is 9.45. The van der Waals surface area contributed by atoms with Gasteiger partial charge in [0.15, 0.2) is 6.10 Å². The summed E-state index contributed by atoms with van der Waals surface area (Å²) in [5.74, 6) is -0.658. The Labute approximate surface area is 163 Å². The molecule has 0 amide bonds. The average molecular weight is 447 g/mol. The van der Waals surface area contributed by atoms with E-state index in [0.717, 1.165) is 0 Å². The molecular weight excluding hydrogens is 424 g/mol. The Morgan fingerprint density at radius 3 is 2.85 bits per heavy atom. The van der Waals surface area contributed by atoms with Gasteiger partial charge in [0.1, 0.15) is 18.9 Å². The van der Waals surface area contributed by atoms with E-state index in [2.05, 4.69) is 20.9 Å². The maximum Gasteiger partial charge on any atom is 0.335 e. The fourth-order valence-corrected chi connectivity index (χ4v) is 3.03. The van der Waals surface area contributed by atoms with Gasteiger partial charge in [0.2, 0.25) is 0 Å². The molecule has 27 heavy (non-hydrogen) atoms. The number of nitrogens with zero attached hydrogens (tertiary/aromatic N) is 1. The molecule has 150 valence electrons. The van der Waals surface area contributed by atoms with Crippen LogP contribution in [0.2, 0.25) is 0 Å². The highest BCUT2D eigenvalue weighted by molar-refractivity contribution is 9.11. The summed E-state index contributed by atoms with van der Waals surface area (Å²) in [6, 6.07) is 0. The van der Waals surface area contributed by atoms with E-state index in [9.17, 15) is 24.6 Å². The number of carbonyl (C=O) groups is 1. The smallest absolute Gasteiger partial charge is 0.335 e. The Bertz CT molecular complexity index is 801. The van der Waals surface area contributed by atoms with E-state index in [0.29, 0.717) is 0 Å². The van der Waals surface area contributed by atoms with Gasteiger partial charge in [-0.25, -0.2) is 9.59 Å². The Morgan fingerprint density at radius 1 is 1.52 bits per heavy atom. The Kier molecular flexibility index (Phi) is 7.54. The normalized spacial score (nSPS) is 23.9. The maximum absolute atomic E-state index is 12.0. The number of aliphatic hydroxyl groups is 2. The molecule has 2 rings (SSSR count). The van der Waals surface area contributed by atoms with Crippen molar-refractivity contribution < 1.29 is 24.5 Å². The van der Waals surface area contributed by atoms with Gasteiger partial charge in [0.25, 0.3) is 5.56 Å². The number of hydrogen-bond donors (Lipinski definition) is 3. The van der Waals surface area contributed by atoms with Crippen LogP contribution in [-0.4, -0.2) is 50.7 Å². The van der Waals surface area contributed by atoms with E-state index >= 15 is 0 Å². The molecular formula is C17H23BrN2O7. The van der Waals surface area contributed by atoms with E-state index in [1.165, 1.54) is 21.8 Å². The van der Waals surface area contributed by atoms with Crippen LogP contribution in [0.1, 0.15) is 38.5 Å². The predicted molar refractivity (Wildman–Crippen MR) is 100 cm³/mol. The predicted octanol–water partition coefficient (Wildman–Crippen LogP) is 0.501. The number of nitrogens with one attached hydrogen (secondary N) is 1. The van der Waals surface area contributed by atoms with E-state index < -0.39 is 41.8 Å². The lowest BCUT2D eigenvalue weighted by Gasteiger charge is -2.18. The zero-order chi connectivity index (χ0) is 20.1. The second kappa shape index (κ2) is 9.45. The number of aromatic nitrogens is 2. The molecule has 10 heteroatoms. The minimum Gasteiger partial charge on any atom is -0.461 e. The number of esters is 1. The van der Waals surface area contributed by atoms with E-state index in [4.69, 9.17) is 9.47 Å². The van der Waals surface area contributed by atoms with Crippen LogP contribution in [0.15, 0.2) is 20.8 Å². The highest BCUT2D eigenvalue weighted by atomic mass is 79.9. The van der Waals surface area contributed by atoms with Gasteiger partial charge in [-0.3, -0.25) is 14.3 Å². The van der Waals surface area contributed by atoms with Crippen LogP contribution in [0.4, 0.5) is 0 Å². The van der Waals surface area contributed by atoms with Crippen molar-refractivity contribution in [2.24, 2.45) is 5.92 Å². The van der Waals surface area contributed by atoms with Crippen LogP contribution >= 0.6 is 15.9 Å². The second-order valence-corrected chi connectivity index (χ2v) is 7.28.